The van der Waals surface area contributed by atoms with Gasteiger partial charge in [0.25, 0.3) is 0 Å². The van der Waals surface area contributed by atoms with Gasteiger partial charge in [0.2, 0.25) is 0 Å². The molecule has 0 atom stereocenters. The first-order chi connectivity index (χ1) is 5.85. The lowest BCUT2D eigenvalue weighted by atomic mass is 10.2. The summed E-state index contributed by atoms with van der Waals surface area (Å²) in [5, 5.41) is 0. The molecular weight excluding hydrogens is 166 g/mol. The molecule has 2 heteroatoms. The van der Waals surface area contributed by atoms with Crippen LogP contribution in [0.1, 0.15) is 39.5 Å². The maximum atomic E-state index is 4.20. The van der Waals surface area contributed by atoms with Gasteiger partial charge in [-0.05, 0) is 44.6 Å². The van der Waals surface area contributed by atoms with Crippen molar-refractivity contribution >= 4 is 12.6 Å². The van der Waals surface area contributed by atoms with Crippen molar-refractivity contribution in [1.82, 2.24) is 4.90 Å². The molecule has 1 nitrogen and oxygen atoms in total. The Hall–Kier alpha value is 0.310. The lowest BCUT2D eigenvalue weighted by molar-refractivity contribution is 0.282. The normalized spacial score (nSPS) is 11.0. The van der Waals surface area contributed by atoms with Gasteiger partial charge in [-0.15, -0.1) is 0 Å². The first-order valence-electron chi connectivity index (χ1n) is 5.18. The molecule has 0 saturated carbocycles. The summed E-state index contributed by atoms with van der Waals surface area (Å²) in [5.74, 6) is 1.04. The van der Waals surface area contributed by atoms with Gasteiger partial charge < -0.3 is 4.90 Å². The average molecular weight is 189 g/mol. The summed E-state index contributed by atoms with van der Waals surface area (Å²) < 4.78 is 0. The van der Waals surface area contributed by atoms with E-state index in [1.165, 1.54) is 45.3 Å². The van der Waals surface area contributed by atoms with Gasteiger partial charge in [-0.2, -0.15) is 12.6 Å². The van der Waals surface area contributed by atoms with E-state index in [1.807, 2.05) is 0 Å². The topological polar surface area (TPSA) is 3.24 Å². The minimum Gasteiger partial charge on any atom is -0.304 e. The first-order valence-corrected chi connectivity index (χ1v) is 5.81. The zero-order valence-electron chi connectivity index (χ0n) is 8.55. The van der Waals surface area contributed by atoms with Crippen LogP contribution in [-0.4, -0.2) is 30.3 Å². The highest BCUT2D eigenvalue weighted by atomic mass is 32.1. The smallest absolute Gasteiger partial charge is 0.00189 e. The van der Waals surface area contributed by atoms with E-state index in [2.05, 4.69) is 31.4 Å². The van der Waals surface area contributed by atoms with E-state index in [0.29, 0.717) is 0 Å². The number of hydrogen-bond acceptors (Lipinski definition) is 2. The van der Waals surface area contributed by atoms with Gasteiger partial charge in [-0.25, -0.2) is 0 Å². The van der Waals surface area contributed by atoms with E-state index >= 15 is 0 Å². The molecule has 0 aromatic heterocycles. The van der Waals surface area contributed by atoms with Crippen molar-refractivity contribution in [3.05, 3.63) is 0 Å². The largest absolute Gasteiger partial charge is 0.304 e. The van der Waals surface area contributed by atoms with Gasteiger partial charge >= 0.3 is 0 Å². The highest BCUT2D eigenvalue weighted by Crippen LogP contribution is 2.00. The standard InChI is InChI=1S/C10H23NS/c1-3-8-11(4-2)9-6-5-7-10-12/h12H,3-10H2,1-2H3. The fourth-order valence-corrected chi connectivity index (χ4v) is 1.59. The zero-order valence-corrected chi connectivity index (χ0v) is 9.45. The van der Waals surface area contributed by atoms with E-state index in [0.717, 1.165) is 5.75 Å². The lowest BCUT2D eigenvalue weighted by Crippen LogP contribution is -2.25. The second-order valence-corrected chi connectivity index (χ2v) is 3.67. The highest BCUT2D eigenvalue weighted by molar-refractivity contribution is 7.80. The number of hydrogen-bond donors (Lipinski definition) is 1. The van der Waals surface area contributed by atoms with Crippen LogP contribution in [0.25, 0.3) is 0 Å². The SMILES string of the molecule is CCCN(CC)CCCCCS. The second-order valence-electron chi connectivity index (χ2n) is 3.22. The number of nitrogens with zero attached hydrogens (tertiary/aromatic N) is 1. The summed E-state index contributed by atoms with van der Waals surface area (Å²) in [4.78, 5) is 2.53. The average Bonchev–Trinajstić information content (AvgIpc) is 2.10. The molecule has 0 bridgehead atoms. The van der Waals surface area contributed by atoms with Crippen LogP contribution in [0, 0.1) is 0 Å². The van der Waals surface area contributed by atoms with E-state index in [9.17, 15) is 0 Å². The van der Waals surface area contributed by atoms with Crippen LogP contribution >= 0.6 is 12.6 Å². The monoisotopic (exact) mass is 189 g/mol. The molecule has 0 aliphatic rings. The fraction of sp³-hybridized carbons (Fsp3) is 1.00. The van der Waals surface area contributed by atoms with Gasteiger partial charge in [0.15, 0.2) is 0 Å². The van der Waals surface area contributed by atoms with E-state index < -0.39 is 0 Å². The summed E-state index contributed by atoms with van der Waals surface area (Å²) in [6, 6.07) is 0. The van der Waals surface area contributed by atoms with E-state index in [-0.39, 0.29) is 0 Å². The Labute approximate surface area is 82.9 Å². The third kappa shape index (κ3) is 6.99. The van der Waals surface area contributed by atoms with E-state index in [1.54, 1.807) is 0 Å². The van der Waals surface area contributed by atoms with Crippen molar-refractivity contribution in [3.8, 4) is 0 Å². The predicted molar refractivity (Wildman–Crippen MR) is 60.1 cm³/mol. The summed E-state index contributed by atoms with van der Waals surface area (Å²) >= 11 is 4.20. The molecule has 0 radical (unpaired) electrons. The Kier molecular flexibility index (Phi) is 9.64. The number of unbranched alkanes of at least 4 members (excludes halogenated alkanes) is 2. The molecule has 74 valence electrons. The Balaban J connectivity index is 3.19. The number of thiol groups is 1. The molecule has 0 N–H and O–H groups in total. The fourth-order valence-electron chi connectivity index (χ4n) is 1.37. The van der Waals surface area contributed by atoms with Gasteiger partial charge in [0.1, 0.15) is 0 Å². The second kappa shape index (κ2) is 9.40. The van der Waals surface area contributed by atoms with Crippen LogP contribution in [0.4, 0.5) is 0 Å². The molecular formula is C10H23NS. The molecule has 0 unspecified atom stereocenters. The zero-order chi connectivity index (χ0) is 9.23. The molecule has 0 fully saturated rings. The summed E-state index contributed by atoms with van der Waals surface area (Å²) in [7, 11) is 0. The molecule has 0 rings (SSSR count). The molecule has 0 spiro atoms. The minimum absolute atomic E-state index is 1.04. The predicted octanol–water partition coefficient (Wildman–Crippen LogP) is 2.82. The van der Waals surface area contributed by atoms with Crippen LogP contribution in [-0.2, 0) is 0 Å². The van der Waals surface area contributed by atoms with Crippen molar-refractivity contribution in [2.75, 3.05) is 25.4 Å². The van der Waals surface area contributed by atoms with Crippen LogP contribution in [0.5, 0.6) is 0 Å². The van der Waals surface area contributed by atoms with Crippen molar-refractivity contribution in [2.45, 2.75) is 39.5 Å². The maximum absolute atomic E-state index is 4.20. The van der Waals surface area contributed by atoms with Crippen molar-refractivity contribution < 1.29 is 0 Å². The molecule has 0 saturated heterocycles. The van der Waals surface area contributed by atoms with Crippen LogP contribution in [0.3, 0.4) is 0 Å². The molecule has 0 heterocycles. The quantitative estimate of drug-likeness (QED) is 0.454. The van der Waals surface area contributed by atoms with Crippen molar-refractivity contribution in [3.63, 3.8) is 0 Å². The van der Waals surface area contributed by atoms with Gasteiger partial charge in [-0.3, -0.25) is 0 Å². The third-order valence-corrected chi connectivity index (χ3v) is 2.44. The molecule has 0 amide bonds. The molecule has 0 aromatic carbocycles. The molecule has 0 aliphatic heterocycles. The molecule has 0 aliphatic carbocycles. The molecule has 12 heavy (non-hydrogen) atoms. The summed E-state index contributed by atoms with van der Waals surface area (Å²) in [5.41, 5.74) is 0. The lowest BCUT2D eigenvalue weighted by Gasteiger charge is -2.18. The van der Waals surface area contributed by atoms with Crippen LogP contribution < -0.4 is 0 Å². The van der Waals surface area contributed by atoms with Gasteiger partial charge in [0.05, 0.1) is 0 Å². The minimum atomic E-state index is 1.04. The van der Waals surface area contributed by atoms with Gasteiger partial charge in [-0.1, -0.05) is 20.3 Å². The van der Waals surface area contributed by atoms with Crippen LogP contribution in [0.2, 0.25) is 0 Å². The van der Waals surface area contributed by atoms with Crippen molar-refractivity contribution in [2.24, 2.45) is 0 Å². The first kappa shape index (κ1) is 12.3. The van der Waals surface area contributed by atoms with Crippen molar-refractivity contribution in [1.29, 1.82) is 0 Å². The van der Waals surface area contributed by atoms with Crippen LogP contribution in [0.15, 0.2) is 0 Å². The van der Waals surface area contributed by atoms with Gasteiger partial charge in [0, 0.05) is 0 Å². The third-order valence-electron chi connectivity index (χ3n) is 2.12. The molecule has 0 aromatic rings. The summed E-state index contributed by atoms with van der Waals surface area (Å²) in [6.45, 7) is 8.23. The Bertz CT molecular complexity index is 85.9. The summed E-state index contributed by atoms with van der Waals surface area (Å²) in [6.07, 6.45) is 5.23. The highest BCUT2D eigenvalue weighted by Gasteiger charge is 1.98. The Morgan fingerprint density at radius 3 is 2.25 bits per heavy atom. The Morgan fingerprint density at radius 2 is 1.75 bits per heavy atom. The Morgan fingerprint density at radius 1 is 1.00 bits per heavy atom. The van der Waals surface area contributed by atoms with E-state index in [4.69, 9.17) is 0 Å². The maximum Gasteiger partial charge on any atom is -0.00189 e. The number of rotatable bonds is 8.